The maximum Gasteiger partial charge on any atom is 0.306 e. The van der Waals surface area contributed by atoms with E-state index >= 15 is 0 Å². The number of nitrogens with zero attached hydrogens (tertiary/aromatic N) is 8. The number of aliphatic carboxylic acids is 1. The number of aryl methyl sites for hydroxylation is 1. The van der Waals surface area contributed by atoms with Crippen LogP contribution in [0.15, 0.2) is 18.3 Å². The zero-order valence-corrected chi connectivity index (χ0v) is 21.1. The summed E-state index contributed by atoms with van der Waals surface area (Å²) in [6.45, 7) is 0.428. The van der Waals surface area contributed by atoms with Gasteiger partial charge in [0.2, 0.25) is 0 Å². The summed E-state index contributed by atoms with van der Waals surface area (Å²) < 4.78 is 9.51. The highest BCUT2D eigenvalue weighted by Gasteiger charge is 2.29. The second kappa shape index (κ2) is 11.1. The molecular weight excluding hydrogens is 472 g/mol. The van der Waals surface area contributed by atoms with Crippen molar-refractivity contribution in [2.75, 3.05) is 0 Å². The van der Waals surface area contributed by atoms with Crippen LogP contribution in [0.1, 0.15) is 74.9 Å². The van der Waals surface area contributed by atoms with Crippen molar-refractivity contribution in [3.63, 3.8) is 0 Å². The molecule has 3 heterocycles. The number of carbonyl (C=O) groups is 1. The highest BCUT2D eigenvalue weighted by Crippen LogP contribution is 2.31. The first kappa shape index (κ1) is 24.9. The third-order valence-corrected chi connectivity index (χ3v) is 7.54. The maximum absolute atomic E-state index is 11.4. The minimum atomic E-state index is -0.800. The van der Waals surface area contributed by atoms with Crippen molar-refractivity contribution in [2.45, 2.75) is 76.9 Å². The van der Waals surface area contributed by atoms with E-state index < -0.39 is 11.9 Å². The van der Waals surface area contributed by atoms with E-state index in [1.807, 2.05) is 13.2 Å². The van der Waals surface area contributed by atoms with Gasteiger partial charge < -0.3 is 9.84 Å². The standard InChI is InChI=1S/C26H32N8O3/c1-33-23(16-34-15-19(29-32-34)12-17-6-3-2-4-7-17)25(30-31-33)21-10-11-24(22(14-27)28-21)37-20-9-5-8-18(13-20)26(35)36/h10-11,15,17-18,20H,2-9,12-13,16H2,1H3,(H,35,36)/t18-,20-/m0/s1. The molecule has 5 rings (SSSR count). The summed E-state index contributed by atoms with van der Waals surface area (Å²) in [7, 11) is 1.82. The molecule has 11 heteroatoms. The molecule has 2 aliphatic carbocycles. The van der Waals surface area contributed by atoms with Crippen LogP contribution in [0.3, 0.4) is 0 Å². The van der Waals surface area contributed by atoms with Crippen molar-refractivity contribution in [1.82, 2.24) is 35.0 Å². The number of nitriles is 1. The molecule has 2 atom stereocenters. The average Bonchev–Trinajstić information content (AvgIpc) is 3.51. The molecule has 0 unspecified atom stereocenters. The quantitative estimate of drug-likeness (QED) is 0.487. The molecule has 0 saturated heterocycles. The number of hydrogen-bond acceptors (Lipinski definition) is 8. The van der Waals surface area contributed by atoms with Crippen LogP contribution in [0.4, 0.5) is 0 Å². The van der Waals surface area contributed by atoms with E-state index in [1.165, 1.54) is 32.1 Å². The summed E-state index contributed by atoms with van der Waals surface area (Å²) in [5.41, 5.74) is 3.03. The van der Waals surface area contributed by atoms with Gasteiger partial charge in [-0.05, 0) is 50.2 Å². The second-order valence-electron chi connectivity index (χ2n) is 10.2. The Labute approximate surface area is 215 Å². The molecule has 2 aliphatic rings. The van der Waals surface area contributed by atoms with E-state index in [-0.39, 0.29) is 11.8 Å². The summed E-state index contributed by atoms with van der Waals surface area (Å²) >= 11 is 0. The Balaban J connectivity index is 1.31. The van der Waals surface area contributed by atoms with Gasteiger partial charge in [-0.1, -0.05) is 42.5 Å². The highest BCUT2D eigenvalue weighted by atomic mass is 16.5. The van der Waals surface area contributed by atoms with Crippen LogP contribution >= 0.6 is 0 Å². The van der Waals surface area contributed by atoms with Gasteiger partial charge in [0.15, 0.2) is 11.4 Å². The number of carboxylic acids is 1. The van der Waals surface area contributed by atoms with Gasteiger partial charge >= 0.3 is 5.97 Å². The average molecular weight is 505 g/mol. The predicted octanol–water partition coefficient (Wildman–Crippen LogP) is 3.53. The van der Waals surface area contributed by atoms with Crippen LogP contribution in [-0.2, 0) is 24.8 Å². The highest BCUT2D eigenvalue weighted by molar-refractivity contribution is 5.70. The van der Waals surface area contributed by atoms with Crippen LogP contribution in [-0.4, -0.2) is 52.2 Å². The number of aromatic nitrogens is 7. The van der Waals surface area contributed by atoms with Crippen molar-refractivity contribution in [3.05, 3.63) is 35.4 Å². The third-order valence-electron chi connectivity index (χ3n) is 7.54. The van der Waals surface area contributed by atoms with Crippen molar-refractivity contribution >= 4 is 5.97 Å². The zero-order chi connectivity index (χ0) is 25.8. The number of hydrogen-bond donors (Lipinski definition) is 1. The van der Waals surface area contributed by atoms with Crippen molar-refractivity contribution in [1.29, 1.82) is 5.26 Å². The predicted molar refractivity (Wildman–Crippen MR) is 132 cm³/mol. The minimum Gasteiger partial charge on any atom is -0.487 e. The van der Waals surface area contributed by atoms with Gasteiger partial charge in [-0.2, -0.15) is 5.26 Å². The van der Waals surface area contributed by atoms with Crippen LogP contribution in [0.25, 0.3) is 11.4 Å². The van der Waals surface area contributed by atoms with Gasteiger partial charge in [-0.25, -0.2) is 14.3 Å². The second-order valence-corrected chi connectivity index (χ2v) is 10.2. The topological polar surface area (TPSA) is 145 Å². The van der Waals surface area contributed by atoms with E-state index in [0.29, 0.717) is 42.4 Å². The fraction of sp³-hybridized carbons (Fsp3) is 0.577. The lowest BCUT2D eigenvalue weighted by molar-refractivity contribution is -0.143. The van der Waals surface area contributed by atoms with Gasteiger partial charge in [0.25, 0.3) is 0 Å². The number of rotatable bonds is 8. The SMILES string of the molecule is Cn1nnc(-c2ccc(O[C@H]3CCC[C@H](C(=O)O)C3)c(C#N)n2)c1Cn1cc(CC2CCCCC2)nn1. The molecule has 0 aliphatic heterocycles. The Kier molecular flexibility index (Phi) is 7.44. The summed E-state index contributed by atoms with van der Waals surface area (Å²) in [4.78, 5) is 15.9. The molecule has 37 heavy (non-hydrogen) atoms. The first-order chi connectivity index (χ1) is 18.0. The molecule has 0 spiro atoms. The molecule has 0 aromatic carbocycles. The van der Waals surface area contributed by atoms with Gasteiger partial charge in [0.05, 0.1) is 35.6 Å². The van der Waals surface area contributed by atoms with Gasteiger partial charge in [0, 0.05) is 13.2 Å². The van der Waals surface area contributed by atoms with E-state index in [4.69, 9.17) is 4.74 Å². The molecule has 2 saturated carbocycles. The summed E-state index contributed by atoms with van der Waals surface area (Å²) in [5.74, 6) is -0.174. The maximum atomic E-state index is 11.4. The Morgan fingerprint density at radius 1 is 1.14 bits per heavy atom. The third kappa shape index (κ3) is 5.79. The number of ether oxygens (including phenoxy) is 1. The largest absolute Gasteiger partial charge is 0.487 e. The summed E-state index contributed by atoms with van der Waals surface area (Å²) in [5, 5.41) is 36.3. The van der Waals surface area contributed by atoms with E-state index in [0.717, 1.165) is 30.7 Å². The molecule has 3 aromatic heterocycles. The molecular formula is C26H32N8O3. The smallest absolute Gasteiger partial charge is 0.306 e. The lowest BCUT2D eigenvalue weighted by Gasteiger charge is -2.27. The fourth-order valence-corrected chi connectivity index (χ4v) is 5.51. The van der Waals surface area contributed by atoms with Crippen LogP contribution < -0.4 is 4.74 Å². The van der Waals surface area contributed by atoms with Crippen molar-refractivity contribution in [3.8, 4) is 23.2 Å². The Hall–Kier alpha value is -3.81. The molecule has 0 bridgehead atoms. The lowest BCUT2D eigenvalue weighted by Crippen LogP contribution is -2.29. The Morgan fingerprint density at radius 2 is 1.97 bits per heavy atom. The van der Waals surface area contributed by atoms with Crippen LogP contribution in [0.5, 0.6) is 5.75 Å². The molecule has 2 fully saturated rings. The van der Waals surface area contributed by atoms with Gasteiger partial charge in [0.1, 0.15) is 11.8 Å². The minimum absolute atomic E-state index is 0.141. The van der Waals surface area contributed by atoms with Crippen molar-refractivity contribution in [2.24, 2.45) is 18.9 Å². The Bertz CT molecular complexity index is 1290. The first-order valence-electron chi connectivity index (χ1n) is 13.1. The molecule has 11 nitrogen and oxygen atoms in total. The Morgan fingerprint density at radius 3 is 2.76 bits per heavy atom. The van der Waals surface area contributed by atoms with E-state index in [9.17, 15) is 15.2 Å². The van der Waals surface area contributed by atoms with Gasteiger partial charge in [-0.3, -0.25) is 4.79 Å². The molecule has 3 aromatic rings. The summed E-state index contributed by atoms with van der Waals surface area (Å²) in [6, 6.07) is 5.58. The molecule has 1 N–H and O–H groups in total. The summed E-state index contributed by atoms with van der Waals surface area (Å²) in [6.07, 6.45) is 11.8. The molecule has 0 radical (unpaired) electrons. The normalized spacial score (nSPS) is 20.4. The number of pyridine rings is 1. The first-order valence-corrected chi connectivity index (χ1v) is 13.1. The van der Waals surface area contributed by atoms with Crippen molar-refractivity contribution < 1.29 is 14.6 Å². The van der Waals surface area contributed by atoms with Crippen LogP contribution in [0.2, 0.25) is 0 Å². The zero-order valence-electron chi connectivity index (χ0n) is 21.1. The fourth-order valence-electron chi connectivity index (χ4n) is 5.51. The van der Waals surface area contributed by atoms with Crippen LogP contribution in [0, 0.1) is 23.2 Å². The van der Waals surface area contributed by atoms with Gasteiger partial charge in [-0.15, -0.1) is 10.2 Å². The number of carboxylic acid groups (broad SMARTS) is 1. The molecule has 0 amide bonds. The molecule has 194 valence electrons. The monoisotopic (exact) mass is 504 g/mol. The lowest BCUT2D eigenvalue weighted by atomic mass is 9.86. The van der Waals surface area contributed by atoms with E-state index in [1.54, 1.807) is 21.5 Å². The van der Waals surface area contributed by atoms with E-state index in [2.05, 4.69) is 31.7 Å².